The zero-order valence-electron chi connectivity index (χ0n) is 16.0. The third-order valence-corrected chi connectivity index (χ3v) is 4.18. The van der Waals surface area contributed by atoms with Crippen molar-refractivity contribution in [1.82, 2.24) is 14.9 Å². The first kappa shape index (κ1) is 18.9. The smallest absolute Gasteiger partial charge is 0.225 e. The highest BCUT2D eigenvalue weighted by molar-refractivity contribution is 5.64. The zero-order chi connectivity index (χ0) is 18.9. The molecule has 5 nitrogen and oxygen atoms in total. The van der Waals surface area contributed by atoms with Crippen molar-refractivity contribution in [3.63, 3.8) is 0 Å². The van der Waals surface area contributed by atoms with Gasteiger partial charge in [-0.25, -0.2) is 4.98 Å². The van der Waals surface area contributed by atoms with Crippen LogP contribution in [-0.4, -0.2) is 42.1 Å². The van der Waals surface area contributed by atoms with Crippen LogP contribution in [0.4, 0.5) is 11.8 Å². The fraction of sp³-hybridized carbons (Fsp3) is 0.273. The number of anilines is 2. The van der Waals surface area contributed by atoms with Crippen molar-refractivity contribution in [2.75, 3.05) is 37.8 Å². The van der Waals surface area contributed by atoms with Crippen molar-refractivity contribution in [2.24, 2.45) is 0 Å². The van der Waals surface area contributed by atoms with Gasteiger partial charge in [-0.1, -0.05) is 60.7 Å². The van der Waals surface area contributed by atoms with E-state index in [9.17, 15) is 0 Å². The monoisotopic (exact) mass is 361 g/mol. The van der Waals surface area contributed by atoms with Gasteiger partial charge in [-0.15, -0.1) is 0 Å². The molecule has 2 N–H and O–H groups in total. The Kier molecular flexibility index (Phi) is 6.77. The quantitative estimate of drug-likeness (QED) is 0.562. The SMILES string of the molecule is CN(C)CCCNc1nc(NCc2ccccc2)cc(-c2ccccc2)n1. The van der Waals surface area contributed by atoms with Crippen LogP contribution in [0.3, 0.4) is 0 Å². The Labute approximate surface area is 161 Å². The first-order valence-electron chi connectivity index (χ1n) is 9.31. The van der Waals surface area contributed by atoms with E-state index in [2.05, 4.69) is 58.9 Å². The lowest BCUT2D eigenvalue weighted by molar-refractivity contribution is 0.405. The lowest BCUT2D eigenvalue weighted by Gasteiger charge is -2.13. The summed E-state index contributed by atoms with van der Waals surface area (Å²) in [6.07, 6.45) is 1.04. The van der Waals surface area contributed by atoms with Gasteiger partial charge in [-0.05, 0) is 32.6 Å². The lowest BCUT2D eigenvalue weighted by atomic mass is 10.1. The normalized spacial score (nSPS) is 10.8. The summed E-state index contributed by atoms with van der Waals surface area (Å²) in [5.74, 6) is 1.48. The topological polar surface area (TPSA) is 53.1 Å². The number of aromatic nitrogens is 2. The average molecular weight is 361 g/mol. The largest absolute Gasteiger partial charge is 0.366 e. The summed E-state index contributed by atoms with van der Waals surface area (Å²) in [4.78, 5) is 11.5. The number of benzene rings is 2. The molecule has 5 heteroatoms. The Bertz CT molecular complexity index is 819. The van der Waals surface area contributed by atoms with Gasteiger partial charge < -0.3 is 15.5 Å². The van der Waals surface area contributed by atoms with E-state index in [4.69, 9.17) is 4.98 Å². The van der Waals surface area contributed by atoms with Gasteiger partial charge in [0, 0.05) is 24.7 Å². The van der Waals surface area contributed by atoms with Gasteiger partial charge in [0.15, 0.2) is 0 Å². The Hall–Kier alpha value is -2.92. The molecule has 0 saturated heterocycles. The van der Waals surface area contributed by atoms with E-state index in [-0.39, 0.29) is 0 Å². The third kappa shape index (κ3) is 6.08. The van der Waals surface area contributed by atoms with Crippen molar-refractivity contribution >= 4 is 11.8 Å². The first-order valence-corrected chi connectivity index (χ1v) is 9.31. The predicted octanol–water partition coefficient (Wildman–Crippen LogP) is 4.12. The maximum atomic E-state index is 4.70. The second kappa shape index (κ2) is 9.69. The van der Waals surface area contributed by atoms with Crippen molar-refractivity contribution in [3.05, 3.63) is 72.3 Å². The molecule has 0 saturated carbocycles. The second-order valence-corrected chi connectivity index (χ2v) is 6.75. The maximum absolute atomic E-state index is 4.70. The molecule has 0 spiro atoms. The number of nitrogens with zero attached hydrogens (tertiary/aromatic N) is 3. The molecule has 0 radical (unpaired) electrons. The van der Waals surface area contributed by atoms with Crippen LogP contribution in [0.5, 0.6) is 0 Å². The molecule has 0 aliphatic rings. The van der Waals surface area contributed by atoms with Gasteiger partial charge in [0.1, 0.15) is 5.82 Å². The van der Waals surface area contributed by atoms with Crippen LogP contribution in [-0.2, 0) is 6.54 Å². The van der Waals surface area contributed by atoms with Crippen molar-refractivity contribution < 1.29 is 0 Å². The van der Waals surface area contributed by atoms with E-state index < -0.39 is 0 Å². The van der Waals surface area contributed by atoms with Crippen LogP contribution in [0, 0.1) is 0 Å². The molecule has 0 unspecified atom stereocenters. The molecule has 3 rings (SSSR count). The molecule has 0 atom stereocenters. The third-order valence-electron chi connectivity index (χ3n) is 4.18. The summed E-state index contributed by atoms with van der Waals surface area (Å²) < 4.78 is 0. The molecular formula is C22H27N5. The van der Waals surface area contributed by atoms with E-state index in [1.165, 1.54) is 5.56 Å². The molecule has 2 aromatic carbocycles. The molecule has 3 aromatic rings. The average Bonchev–Trinajstić information content (AvgIpc) is 2.71. The van der Waals surface area contributed by atoms with E-state index in [1.54, 1.807) is 0 Å². The van der Waals surface area contributed by atoms with Crippen LogP contribution in [0.25, 0.3) is 11.3 Å². The van der Waals surface area contributed by atoms with Gasteiger partial charge >= 0.3 is 0 Å². The van der Waals surface area contributed by atoms with Crippen molar-refractivity contribution in [1.29, 1.82) is 0 Å². The van der Waals surface area contributed by atoms with Gasteiger partial charge in [0.05, 0.1) is 5.69 Å². The summed E-state index contributed by atoms with van der Waals surface area (Å²) in [5.41, 5.74) is 3.22. The fourth-order valence-electron chi connectivity index (χ4n) is 2.76. The van der Waals surface area contributed by atoms with Crippen molar-refractivity contribution in [3.8, 4) is 11.3 Å². The highest BCUT2D eigenvalue weighted by Crippen LogP contribution is 2.21. The summed E-state index contributed by atoms with van der Waals surface area (Å²) in [6, 6.07) is 22.5. The zero-order valence-corrected chi connectivity index (χ0v) is 16.0. The second-order valence-electron chi connectivity index (χ2n) is 6.75. The lowest BCUT2D eigenvalue weighted by Crippen LogP contribution is -2.17. The van der Waals surface area contributed by atoms with Crippen LogP contribution in [0.1, 0.15) is 12.0 Å². The molecule has 1 aromatic heterocycles. The van der Waals surface area contributed by atoms with Crippen LogP contribution in [0.2, 0.25) is 0 Å². The van der Waals surface area contributed by atoms with Crippen LogP contribution >= 0.6 is 0 Å². The highest BCUT2D eigenvalue weighted by atomic mass is 15.1. The first-order chi connectivity index (χ1) is 13.2. The number of nitrogens with one attached hydrogen (secondary N) is 2. The summed E-state index contributed by atoms with van der Waals surface area (Å²) in [5, 5.41) is 6.78. The molecule has 0 aliphatic carbocycles. The van der Waals surface area contributed by atoms with Gasteiger partial charge in [0.25, 0.3) is 0 Å². The minimum absolute atomic E-state index is 0.658. The van der Waals surface area contributed by atoms with Gasteiger partial charge in [0.2, 0.25) is 5.95 Å². The summed E-state index contributed by atoms with van der Waals surface area (Å²) >= 11 is 0. The number of hydrogen-bond acceptors (Lipinski definition) is 5. The summed E-state index contributed by atoms with van der Waals surface area (Å²) in [7, 11) is 4.16. The van der Waals surface area contributed by atoms with Crippen molar-refractivity contribution in [2.45, 2.75) is 13.0 Å². The summed E-state index contributed by atoms with van der Waals surface area (Å²) in [6.45, 7) is 2.60. The minimum Gasteiger partial charge on any atom is -0.366 e. The molecule has 0 bridgehead atoms. The highest BCUT2D eigenvalue weighted by Gasteiger charge is 2.07. The maximum Gasteiger partial charge on any atom is 0.225 e. The molecule has 0 amide bonds. The Morgan fingerprint density at radius 3 is 2.26 bits per heavy atom. The fourth-order valence-corrected chi connectivity index (χ4v) is 2.76. The predicted molar refractivity (Wildman–Crippen MR) is 113 cm³/mol. The molecule has 140 valence electrons. The number of rotatable bonds is 9. The van der Waals surface area contributed by atoms with E-state index in [0.717, 1.165) is 43.1 Å². The molecule has 0 fully saturated rings. The molecule has 27 heavy (non-hydrogen) atoms. The standard InChI is InChI=1S/C22H27N5/c1-27(2)15-9-14-23-22-25-20(19-12-7-4-8-13-19)16-21(26-22)24-17-18-10-5-3-6-11-18/h3-8,10-13,16H,9,14-15,17H2,1-2H3,(H2,23,24,25,26). The Morgan fingerprint density at radius 2 is 1.56 bits per heavy atom. The molecule has 0 aliphatic heterocycles. The van der Waals surface area contributed by atoms with Gasteiger partial charge in [-0.2, -0.15) is 4.98 Å². The Balaban J connectivity index is 1.75. The van der Waals surface area contributed by atoms with E-state index in [1.807, 2.05) is 42.5 Å². The molecule has 1 heterocycles. The van der Waals surface area contributed by atoms with E-state index >= 15 is 0 Å². The number of hydrogen-bond donors (Lipinski definition) is 2. The molecular weight excluding hydrogens is 334 g/mol. The van der Waals surface area contributed by atoms with Crippen LogP contribution < -0.4 is 10.6 Å². The Morgan fingerprint density at radius 1 is 0.852 bits per heavy atom. The van der Waals surface area contributed by atoms with E-state index in [0.29, 0.717) is 5.95 Å². The van der Waals surface area contributed by atoms with Crippen LogP contribution in [0.15, 0.2) is 66.7 Å². The van der Waals surface area contributed by atoms with Gasteiger partial charge in [-0.3, -0.25) is 0 Å². The minimum atomic E-state index is 0.658.